The van der Waals surface area contributed by atoms with Crippen LogP contribution in [0.5, 0.6) is 5.75 Å². The Bertz CT molecular complexity index is 1050. The first-order chi connectivity index (χ1) is 15.1. The molecule has 31 heavy (non-hydrogen) atoms. The number of nitrogens with one attached hydrogen (secondary N) is 2. The van der Waals surface area contributed by atoms with Gasteiger partial charge in [-0.25, -0.2) is 0 Å². The molecule has 0 aromatic heterocycles. The van der Waals surface area contributed by atoms with E-state index in [1.54, 1.807) is 18.1 Å². The van der Waals surface area contributed by atoms with Crippen LogP contribution in [0.25, 0.3) is 0 Å². The van der Waals surface area contributed by atoms with Gasteiger partial charge in [0.2, 0.25) is 5.91 Å². The van der Waals surface area contributed by atoms with Crippen LogP contribution in [0, 0.1) is 0 Å². The molecule has 0 saturated carbocycles. The van der Waals surface area contributed by atoms with Gasteiger partial charge >= 0.3 is 0 Å². The molecule has 1 aliphatic rings. The lowest BCUT2D eigenvalue weighted by Crippen LogP contribution is -2.27. The molecule has 3 aromatic rings. The fourth-order valence-electron chi connectivity index (χ4n) is 3.69. The van der Waals surface area contributed by atoms with Crippen molar-refractivity contribution >= 4 is 28.9 Å². The molecule has 1 heterocycles. The van der Waals surface area contributed by atoms with E-state index in [1.165, 1.54) is 0 Å². The number of hydrogen-bond acceptors (Lipinski definition) is 4. The van der Waals surface area contributed by atoms with Gasteiger partial charge < -0.3 is 20.3 Å². The third-order valence-corrected chi connectivity index (χ3v) is 5.30. The Morgan fingerprint density at radius 1 is 0.968 bits per heavy atom. The Morgan fingerprint density at radius 3 is 2.42 bits per heavy atom. The van der Waals surface area contributed by atoms with Gasteiger partial charge in [0.25, 0.3) is 5.91 Å². The number of carbonyl (C=O) groups is 2. The zero-order valence-corrected chi connectivity index (χ0v) is 17.4. The van der Waals surface area contributed by atoms with Crippen molar-refractivity contribution in [3.63, 3.8) is 0 Å². The average Bonchev–Trinajstić information content (AvgIpc) is 3.24. The number of anilines is 3. The molecule has 0 spiro atoms. The predicted molar refractivity (Wildman–Crippen MR) is 122 cm³/mol. The number of nitrogens with zero attached hydrogens (tertiary/aromatic N) is 1. The van der Waals surface area contributed by atoms with Crippen molar-refractivity contribution < 1.29 is 14.3 Å². The summed E-state index contributed by atoms with van der Waals surface area (Å²) < 4.78 is 5.24. The zero-order chi connectivity index (χ0) is 21.6. The van der Waals surface area contributed by atoms with Gasteiger partial charge in [0.1, 0.15) is 11.8 Å². The average molecular weight is 415 g/mol. The van der Waals surface area contributed by atoms with Crippen LogP contribution in [0.4, 0.5) is 17.1 Å². The lowest BCUT2D eigenvalue weighted by atomic mass is 10.1. The van der Waals surface area contributed by atoms with Gasteiger partial charge in [-0.15, -0.1) is 0 Å². The molecule has 1 aliphatic heterocycles. The molecule has 0 bridgehead atoms. The second-order valence-corrected chi connectivity index (χ2v) is 7.41. The summed E-state index contributed by atoms with van der Waals surface area (Å²) in [6.45, 7) is 0.751. The Labute approximate surface area is 181 Å². The lowest BCUT2D eigenvalue weighted by molar-refractivity contribution is -0.117. The Morgan fingerprint density at radius 2 is 1.74 bits per heavy atom. The molecule has 0 unspecified atom stereocenters. The molecular formula is C25H25N3O3. The minimum atomic E-state index is -0.591. The number of benzene rings is 3. The maximum absolute atomic E-state index is 13.2. The molecule has 158 valence electrons. The number of methoxy groups -OCH3 is 1. The molecule has 6 nitrogen and oxygen atoms in total. The second-order valence-electron chi connectivity index (χ2n) is 7.41. The van der Waals surface area contributed by atoms with Gasteiger partial charge in [0.15, 0.2) is 0 Å². The highest BCUT2D eigenvalue weighted by molar-refractivity contribution is 5.98. The molecule has 1 saturated heterocycles. The van der Waals surface area contributed by atoms with E-state index in [4.69, 9.17) is 4.74 Å². The molecule has 1 atom stereocenters. The first kappa shape index (κ1) is 20.5. The van der Waals surface area contributed by atoms with Crippen molar-refractivity contribution in [3.8, 4) is 5.75 Å². The number of hydrogen-bond donors (Lipinski definition) is 2. The largest absolute Gasteiger partial charge is 0.497 e. The highest BCUT2D eigenvalue weighted by atomic mass is 16.5. The SMILES string of the molecule is COc1cccc(NC(=O)[C@@H](Nc2ccc(N3CCCC3=O)cc2)c2ccccc2)c1. The lowest BCUT2D eigenvalue weighted by Gasteiger charge is -2.21. The van der Waals surface area contributed by atoms with Crippen LogP contribution in [0.2, 0.25) is 0 Å². The maximum atomic E-state index is 13.2. The molecular weight excluding hydrogens is 390 g/mol. The molecule has 1 fully saturated rings. The Balaban J connectivity index is 1.54. The summed E-state index contributed by atoms with van der Waals surface area (Å²) in [7, 11) is 1.59. The van der Waals surface area contributed by atoms with Gasteiger partial charge in [-0.05, 0) is 48.4 Å². The van der Waals surface area contributed by atoms with Crippen LogP contribution >= 0.6 is 0 Å². The highest BCUT2D eigenvalue weighted by Gasteiger charge is 2.23. The first-order valence-electron chi connectivity index (χ1n) is 10.3. The highest BCUT2D eigenvalue weighted by Crippen LogP contribution is 2.26. The summed E-state index contributed by atoms with van der Waals surface area (Å²) in [6, 6.07) is 23.9. The van der Waals surface area contributed by atoms with Crippen molar-refractivity contribution in [1.29, 1.82) is 0 Å². The normalized spacial score (nSPS) is 14.2. The fraction of sp³-hybridized carbons (Fsp3) is 0.200. The van der Waals surface area contributed by atoms with Crippen molar-refractivity contribution in [1.82, 2.24) is 0 Å². The van der Waals surface area contributed by atoms with E-state index in [0.29, 0.717) is 17.9 Å². The Hall–Kier alpha value is -3.80. The molecule has 6 heteroatoms. The zero-order valence-electron chi connectivity index (χ0n) is 17.4. The number of amides is 2. The number of ether oxygens (including phenoxy) is 1. The van der Waals surface area contributed by atoms with Crippen molar-refractivity contribution in [2.24, 2.45) is 0 Å². The maximum Gasteiger partial charge on any atom is 0.251 e. The van der Waals surface area contributed by atoms with E-state index in [0.717, 1.165) is 29.9 Å². The van der Waals surface area contributed by atoms with Crippen LogP contribution in [0.15, 0.2) is 78.9 Å². The second kappa shape index (κ2) is 9.34. The van der Waals surface area contributed by atoms with Gasteiger partial charge in [-0.2, -0.15) is 0 Å². The standard InChI is InChI=1S/C25H25N3O3/c1-31-22-10-5-9-20(17-22)27-25(30)24(18-7-3-2-4-8-18)26-19-12-14-21(15-13-19)28-16-6-11-23(28)29/h2-5,7-10,12-15,17,24,26H,6,11,16H2,1H3,(H,27,30)/t24-/m0/s1. The number of carbonyl (C=O) groups excluding carboxylic acids is 2. The smallest absolute Gasteiger partial charge is 0.251 e. The third kappa shape index (κ3) is 4.86. The van der Waals surface area contributed by atoms with E-state index in [-0.39, 0.29) is 11.8 Å². The minimum Gasteiger partial charge on any atom is -0.497 e. The van der Waals surface area contributed by atoms with Gasteiger partial charge in [-0.3, -0.25) is 9.59 Å². The van der Waals surface area contributed by atoms with Crippen LogP contribution in [0.3, 0.4) is 0 Å². The first-order valence-corrected chi connectivity index (χ1v) is 10.3. The van der Waals surface area contributed by atoms with Crippen LogP contribution < -0.4 is 20.3 Å². The Kier molecular flexibility index (Phi) is 6.17. The van der Waals surface area contributed by atoms with Gasteiger partial charge in [-0.1, -0.05) is 36.4 Å². The van der Waals surface area contributed by atoms with E-state index in [2.05, 4.69) is 10.6 Å². The molecule has 0 aliphatic carbocycles. The van der Waals surface area contributed by atoms with E-state index >= 15 is 0 Å². The molecule has 2 N–H and O–H groups in total. The van der Waals surface area contributed by atoms with Crippen LogP contribution in [-0.4, -0.2) is 25.5 Å². The summed E-state index contributed by atoms with van der Waals surface area (Å²) in [5.74, 6) is 0.646. The molecule has 2 amide bonds. The van der Waals surface area contributed by atoms with E-state index < -0.39 is 6.04 Å². The van der Waals surface area contributed by atoms with Crippen LogP contribution in [0.1, 0.15) is 24.4 Å². The van der Waals surface area contributed by atoms with E-state index in [1.807, 2.05) is 72.8 Å². The summed E-state index contributed by atoms with van der Waals surface area (Å²) in [6.07, 6.45) is 1.49. The van der Waals surface area contributed by atoms with Gasteiger partial charge in [0.05, 0.1) is 7.11 Å². The van der Waals surface area contributed by atoms with Crippen LogP contribution in [-0.2, 0) is 9.59 Å². The molecule has 0 radical (unpaired) electrons. The topological polar surface area (TPSA) is 70.7 Å². The predicted octanol–water partition coefficient (Wildman–Crippen LogP) is 4.61. The van der Waals surface area contributed by atoms with Crippen molar-refractivity contribution in [2.45, 2.75) is 18.9 Å². The summed E-state index contributed by atoms with van der Waals surface area (Å²) >= 11 is 0. The monoisotopic (exact) mass is 415 g/mol. The molecule has 3 aromatic carbocycles. The number of rotatable bonds is 7. The van der Waals surface area contributed by atoms with Gasteiger partial charge in [0, 0.05) is 36.1 Å². The summed E-state index contributed by atoms with van der Waals surface area (Å²) in [4.78, 5) is 26.9. The summed E-state index contributed by atoms with van der Waals surface area (Å²) in [5.41, 5.74) is 3.19. The van der Waals surface area contributed by atoms with Crippen molar-refractivity contribution in [3.05, 3.63) is 84.4 Å². The summed E-state index contributed by atoms with van der Waals surface area (Å²) in [5, 5.41) is 6.29. The quantitative estimate of drug-likeness (QED) is 0.591. The molecule has 4 rings (SSSR count). The third-order valence-electron chi connectivity index (χ3n) is 5.30. The van der Waals surface area contributed by atoms with Crippen molar-refractivity contribution in [2.75, 3.05) is 29.2 Å². The minimum absolute atomic E-state index is 0.153. The fourth-order valence-corrected chi connectivity index (χ4v) is 3.69. The van der Waals surface area contributed by atoms with E-state index in [9.17, 15) is 9.59 Å².